The SMILES string of the molecule is CC/C=C\C/C=C\C/C=C\C/C=C\CCCCCCCCC(=O)OCC(COC(=O)CCCCCCCCCCCCCCC)OC(=O)CCCCCC/C=C\C/C=C\C/C=C\CC. The average molecular weight is 891 g/mol. The standard InChI is InChI=1S/C58H98O6/c1-4-7-10-13-16-19-22-25-27-28-29-30-31-34-36-39-42-45-48-51-57(60)63-54-55(53-62-56(59)50-47-44-41-38-35-32-24-21-18-15-12-9-6-3)64-58(61)52-49-46-43-40-37-33-26-23-20-17-14-11-8-5-2/h7-8,10-11,16-17,19-20,25-27,29-30,33,55H,4-6,9,12-15,18,21-24,28,31-32,34-54H2,1-3H3/b10-7-,11-8-,19-16-,20-17-,27-25-,30-29-,33-26-. The summed E-state index contributed by atoms with van der Waals surface area (Å²) in [6.07, 6.45) is 67.1. The molecule has 366 valence electrons. The number of rotatable bonds is 47. The molecule has 0 aromatic rings. The van der Waals surface area contributed by atoms with Crippen LogP contribution in [0.4, 0.5) is 0 Å². The molecule has 0 saturated heterocycles. The highest BCUT2D eigenvalue weighted by Crippen LogP contribution is 2.15. The average Bonchev–Trinajstić information content (AvgIpc) is 3.29. The maximum absolute atomic E-state index is 12.8. The lowest BCUT2D eigenvalue weighted by molar-refractivity contribution is -0.167. The molecule has 0 aliphatic rings. The van der Waals surface area contributed by atoms with E-state index in [0.29, 0.717) is 19.3 Å². The van der Waals surface area contributed by atoms with Crippen molar-refractivity contribution in [3.05, 3.63) is 85.1 Å². The molecule has 0 aromatic heterocycles. The lowest BCUT2D eigenvalue weighted by Crippen LogP contribution is -2.30. The highest BCUT2D eigenvalue weighted by atomic mass is 16.6. The third-order valence-electron chi connectivity index (χ3n) is 11.1. The molecule has 0 radical (unpaired) electrons. The summed E-state index contributed by atoms with van der Waals surface area (Å²) in [6, 6.07) is 0. The van der Waals surface area contributed by atoms with Gasteiger partial charge in [-0.2, -0.15) is 0 Å². The normalized spacial score (nSPS) is 12.7. The lowest BCUT2D eigenvalue weighted by atomic mass is 10.0. The number of esters is 3. The highest BCUT2D eigenvalue weighted by molar-refractivity contribution is 5.71. The summed E-state index contributed by atoms with van der Waals surface area (Å²) in [5, 5.41) is 0. The Morgan fingerprint density at radius 3 is 0.953 bits per heavy atom. The van der Waals surface area contributed by atoms with Crippen molar-refractivity contribution in [2.75, 3.05) is 13.2 Å². The van der Waals surface area contributed by atoms with Crippen molar-refractivity contribution in [1.82, 2.24) is 0 Å². The van der Waals surface area contributed by atoms with Crippen LogP contribution in [0.1, 0.15) is 245 Å². The number of carbonyl (C=O) groups is 3. The van der Waals surface area contributed by atoms with E-state index >= 15 is 0 Å². The van der Waals surface area contributed by atoms with Crippen molar-refractivity contribution in [2.45, 2.75) is 252 Å². The quantitative estimate of drug-likeness (QED) is 0.0262. The van der Waals surface area contributed by atoms with Crippen LogP contribution in [0.2, 0.25) is 0 Å². The van der Waals surface area contributed by atoms with E-state index in [1.165, 1.54) is 77.0 Å². The third kappa shape index (κ3) is 49.6. The van der Waals surface area contributed by atoms with Gasteiger partial charge in [-0.15, -0.1) is 0 Å². The van der Waals surface area contributed by atoms with Crippen LogP contribution in [0.3, 0.4) is 0 Å². The Morgan fingerprint density at radius 2 is 0.609 bits per heavy atom. The van der Waals surface area contributed by atoms with Crippen LogP contribution in [0.25, 0.3) is 0 Å². The summed E-state index contributed by atoms with van der Waals surface area (Å²) in [7, 11) is 0. The number of carbonyl (C=O) groups excluding carboxylic acids is 3. The molecule has 0 fully saturated rings. The largest absolute Gasteiger partial charge is 0.462 e. The summed E-state index contributed by atoms with van der Waals surface area (Å²) < 4.78 is 16.8. The Kier molecular flexibility index (Phi) is 49.4. The van der Waals surface area contributed by atoms with Gasteiger partial charge in [0.2, 0.25) is 0 Å². The predicted molar refractivity (Wildman–Crippen MR) is 274 cm³/mol. The maximum Gasteiger partial charge on any atom is 0.306 e. The maximum atomic E-state index is 12.8. The molecule has 0 aliphatic heterocycles. The van der Waals surface area contributed by atoms with Crippen LogP contribution < -0.4 is 0 Å². The molecule has 6 heteroatoms. The molecule has 0 rings (SSSR count). The first kappa shape index (κ1) is 60.6. The van der Waals surface area contributed by atoms with E-state index in [2.05, 4.69) is 106 Å². The van der Waals surface area contributed by atoms with Crippen LogP contribution in [0.5, 0.6) is 0 Å². The molecule has 6 nitrogen and oxygen atoms in total. The molecular formula is C58H98O6. The van der Waals surface area contributed by atoms with E-state index in [0.717, 1.165) is 128 Å². The van der Waals surface area contributed by atoms with Crippen LogP contribution >= 0.6 is 0 Å². The van der Waals surface area contributed by atoms with Crippen LogP contribution in [0.15, 0.2) is 85.1 Å². The fourth-order valence-corrected chi connectivity index (χ4v) is 7.21. The van der Waals surface area contributed by atoms with Gasteiger partial charge in [0.05, 0.1) is 0 Å². The Balaban J connectivity index is 4.42. The van der Waals surface area contributed by atoms with Gasteiger partial charge < -0.3 is 14.2 Å². The molecule has 64 heavy (non-hydrogen) atoms. The fourth-order valence-electron chi connectivity index (χ4n) is 7.21. The minimum absolute atomic E-state index is 0.0891. The summed E-state index contributed by atoms with van der Waals surface area (Å²) in [6.45, 7) is 6.38. The molecule has 1 unspecified atom stereocenters. The van der Waals surface area contributed by atoms with E-state index in [9.17, 15) is 14.4 Å². The van der Waals surface area contributed by atoms with Crippen molar-refractivity contribution >= 4 is 17.9 Å². The zero-order chi connectivity index (χ0) is 46.5. The molecule has 0 saturated carbocycles. The zero-order valence-electron chi connectivity index (χ0n) is 41.8. The summed E-state index contributed by atoms with van der Waals surface area (Å²) >= 11 is 0. The molecule has 0 spiro atoms. The summed E-state index contributed by atoms with van der Waals surface area (Å²) in [5.74, 6) is -0.924. The van der Waals surface area contributed by atoms with Crippen LogP contribution in [0, 0.1) is 0 Å². The van der Waals surface area contributed by atoms with Gasteiger partial charge in [0.25, 0.3) is 0 Å². The Hall–Kier alpha value is -3.41. The van der Waals surface area contributed by atoms with Gasteiger partial charge in [0, 0.05) is 19.3 Å². The third-order valence-corrected chi connectivity index (χ3v) is 11.1. The zero-order valence-corrected chi connectivity index (χ0v) is 41.8. The lowest BCUT2D eigenvalue weighted by Gasteiger charge is -2.18. The smallest absolute Gasteiger partial charge is 0.306 e. The van der Waals surface area contributed by atoms with Gasteiger partial charge in [-0.25, -0.2) is 0 Å². The Bertz CT molecular complexity index is 1250. The number of allylic oxidation sites excluding steroid dienone is 14. The van der Waals surface area contributed by atoms with Crippen molar-refractivity contribution < 1.29 is 28.6 Å². The molecule has 0 aliphatic carbocycles. The van der Waals surface area contributed by atoms with Gasteiger partial charge in [0.15, 0.2) is 6.10 Å². The van der Waals surface area contributed by atoms with Crippen molar-refractivity contribution in [1.29, 1.82) is 0 Å². The minimum Gasteiger partial charge on any atom is -0.462 e. The van der Waals surface area contributed by atoms with Crippen LogP contribution in [-0.4, -0.2) is 37.2 Å². The molecule has 0 amide bonds. The van der Waals surface area contributed by atoms with E-state index in [-0.39, 0.29) is 31.1 Å². The van der Waals surface area contributed by atoms with Crippen molar-refractivity contribution in [2.24, 2.45) is 0 Å². The van der Waals surface area contributed by atoms with E-state index in [1.807, 2.05) is 0 Å². The van der Waals surface area contributed by atoms with Crippen molar-refractivity contribution in [3.63, 3.8) is 0 Å². The second-order valence-electron chi connectivity index (χ2n) is 17.4. The van der Waals surface area contributed by atoms with E-state index in [4.69, 9.17) is 14.2 Å². The first-order valence-electron chi connectivity index (χ1n) is 26.6. The van der Waals surface area contributed by atoms with Crippen LogP contribution in [-0.2, 0) is 28.6 Å². The molecular weight excluding hydrogens is 793 g/mol. The second kappa shape index (κ2) is 52.2. The molecule has 0 N–H and O–H groups in total. The fraction of sp³-hybridized carbons (Fsp3) is 0.707. The first-order chi connectivity index (χ1) is 31.5. The number of unbranched alkanes of at least 4 members (excludes halogenated alkanes) is 22. The number of hydrogen-bond acceptors (Lipinski definition) is 6. The summed E-state index contributed by atoms with van der Waals surface area (Å²) in [4.78, 5) is 38.0. The van der Waals surface area contributed by atoms with Gasteiger partial charge >= 0.3 is 17.9 Å². The monoisotopic (exact) mass is 891 g/mol. The number of hydrogen-bond donors (Lipinski definition) is 0. The predicted octanol–water partition coefficient (Wildman–Crippen LogP) is 17.6. The molecule has 1 atom stereocenters. The van der Waals surface area contributed by atoms with Gasteiger partial charge in [-0.05, 0) is 89.9 Å². The van der Waals surface area contributed by atoms with Gasteiger partial charge in [-0.1, -0.05) is 221 Å². The number of ether oxygens (including phenoxy) is 3. The summed E-state index contributed by atoms with van der Waals surface area (Å²) in [5.41, 5.74) is 0. The minimum atomic E-state index is -0.793. The Morgan fingerprint density at radius 1 is 0.328 bits per heavy atom. The second-order valence-corrected chi connectivity index (χ2v) is 17.4. The van der Waals surface area contributed by atoms with E-state index in [1.54, 1.807) is 0 Å². The highest BCUT2D eigenvalue weighted by Gasteiger charge is 2.19. The van der Waals surface area contributed by atoms with E-state index < -0.39 is 6.10 Å². The molecule has 0 heterocycles. The topological polar surface area (TPSA) is 78.9 Å². The first-order valence-corrected chi connectivity index (χ1v) is 26.6. The molecule has 0 bridgehead atoms. The Labute approximate surface area is 395 Å². The van der Waals surface area contributed by atoms with Crippen molar-refractivity contribution in [3.8, 4) is 0 Å². The van der Waals surface area contributed by atoms with Gasteiger partial charge in [-0.3, -0.25) is 14.4 Å². The molecule has 0 aromatic carbocycles. The van der Waals surface area contributed by atoms with Gasteiger partial charge in [0.1, 0.15) is 13.2 Å².